The third kappa shape index (κ3) is 5.09. The molecular weight excluding hydrogens is 398 g/mol. The van der Waals surface area contributed by atoms with Crippen LogP contribution in [0.15, 0.2) is 78.9 Å². The summed E-state index contributed by atoms with van der Waals surface area (Å²) in [7, 11) is 1.71. The zero-order chi connectivity index (χ0) is 21.8. The molecule has 1 saturated heterocycles. The summed E-state index contributed by atoms with van der Waals surface area (Å²) in [6.45, 7) is 2.15. The van der Waals surface area contributed by atoms with E-state index in [9.17, 15) is 13.6 Å². The first-order valence-corrected chi connectivity index (χ1v) is 10.2. The lowest BCUT2D eigenvalue weighted by Crippen LogP contribution is -2.43. The molecule has 1 amide bonds. The molecule has 0 aromatic heterocycles. The van der Waals surface area contributed by atoms with Crippen LogP contribution < -0.4 is 4.74 Å². The van der Waals surface area contributed by atoms with Gasteiger partial charge in [-0.15, -0.1) is 0 Å². The second kappa shape index (κ2) is 9.27. The fourth-order valence-corrected chi connectivity index (χ4v) is 4.08. The molecule has 0 aliphatic carbocycles. The molecule has 0 spiro atoms. The molecule has 6 heteroatoms. The fourth-order valence-electron chi connectivity index (χ4n) is 4.08. The molecule has 2 atom stereocenters. The number of amides is 1. The van der Waals surface area contributed by atoms with E-state index in [0.29, 0.717) is 6.54 Å². The molecular formula is C25H24F2N2O2. The van der Waals surface area contributed by atoms with Crippen molar-refractivity contribution in [3.05, 3.63) is 102 Å². The minimum absolute atomic E-state index is 0.00933. The molecule has 160 valence electrons. The number of ether oxygens (including phenoxy) is 1. The normalized spacial score (nSPS) is 18.7. The van der Waals surface area contributed by atoms with Gasteiger partial charge < -0.3 is 9.64 Å². The van der Waals surface area contributed by atoms with Crippen LogP contribution >= 0.6 is 0 Å². The fraction of sp³-hybridized carbons (Fsp3) is 0.240. The van der Waals surface area contributed by atoms with E-state index in [0.717, 1.165) is 18.7 Å². The van der Waals surface area contributed by atoms with Crippen LogP contribution in [0, 0.1) is 11.6 Å². The zero-order valence-electron chi connectivity index (χ0n) is 17.2. The molecule has 0 radical (unpaired) electrons. The molecule has 0 N–H and O–H groups in total. The van der Waals surface area contributed by atoms with Crippen molar-refractivity contribution in [1.82, 2.24) is 9.80 Å². The Labute approximate surface area is 180 Å². The van der Waals surface area contributed by atoms with E-state index < -0.39 is 11.9 Å². The number of carbonyl (C=O) groups excluding carboxylic acids is 1. The monoisotopic (exact) mass is 422 g/mol. The first-order valence-electron chi connectivity index (χ1n) is 10.2. The van der Waals surface area contributed by atoms with Gasteiger partial charge in [-0.2, -0.15) is 0 Å². The number of halogens is 2. The average molecular weight is 422 g/mol. The maximum Gasteiger partial charge on any atom is 0.415 e. The Kier molecular flexibility index (Phi) is 6.28. The molecule has 1 aliphatic rings. The van der Waals surface area contributed by atoms with Crippen LogP contribution in [0.1, 0.15) is 17.0 Å². The molecule has 0 saturated carbocycles. The van der Waals surface area contributed by atoms with Crippen LogP contribution in [0.2, 0.25) is 0 Å². The summed E-state index contributed by atoms with van der Waals surface area (Å²) in [4.78, 5) is 16.7. The lowest BCUT2D eigenvalue weighted by atomic mass is 9.93. The first-order chi connectivity index (χ1) is 15.0. The second-order valence-electron chi connectivity index (χ2n) is 7.84. The number of hydrogen-bond donors (Lipinski definition) is 0. The van der Waals surface area contributed by atoms with Crippen molar-refractivity contribution in [3.8, 4) is 5.75 Å². The van der Waals surface area contributed by atoms with Gasteiger partial charge in [0.1, 0.15) is 17.4 Å². The van der Waals surface area contributed by atoms with Crippen molar-refractivity contribution in [1.29, 1.82) is 0 Å². The van der Waals surface area contributed by atoms with E-state index in [1.807, 2.05) is 18.2 Å². The summed E-state index contributed by atoms with van der Waals surface area (Å²) in [6, 6.07) is 21.8. The summed E-state index contributed by atoms with van der Waals surface area (Å²) in [5, 5.41) is 0. The average Bonchev–Trinajstić information content (AvgIpc) is 3.19. The van der Waals surface area contributed by atoms with Gasteiger partial charge >= 0.3 is 6.09 Å². The smallest absolute Gasteiger partial charge is 0.410 e. The topological polar surface area (TPSA) is 32.8 Å². The Bertz CT molecular complexity index is 1010. The SMILES string of the molecule is CN(C(=O)Oc1ccc(F)cc1)[C@H]1CN(Cc2ccccc2)C[C@@H]1c1ccc(F)cc1. The van der Waals surface area contributed by atoms with Crippen molar-refractivity contribution >= 4 is 6.09 Å². The van der Waals surface area contributed by atoms with Gasteiger partial charge in [0.25, 0.3) is 0 Å². The molecule has 31 heavy (non-hydrogen) atoms. The Morgan fingerprint density at radius 2 is 1.55 bits per heavy atom. The molecule has 3 aromatic rings. The number of likely N-dealkylation sites (tertiary alicyclic amines) is 1. The van der Waals surface area contributed by atoms with Crippen molar-refractivity contribution < 1.29 is 18.3 Å². The van der Waals surface area contributed by atoms with Gasteiger partial charge in [0.15, 0.2) is 0 Å². The molecule has 3 aromatic carbocycles. The maximum absolute atomic E-state index is 13.5. The van der Waals surface area contributed by atoms with Crippen LogP contribution in [0.25, 0.3) is 0 Å². The van der Waals surface area contributed by atoms with Gasteiger partial charge in [-0.25, -0.2) is 13.6 Å². The summed E-state index contributed by atoms with van der Waals surface area (Å²) in [6.07, 6.45) is -0.509. The van der Waals surface area contributed by atoms with E-state index in [1.165, 1.54) is 42.0 Å². The van der Waals surface area contributed by atoms with Crippen LogP contribution in [-0.4, -0.2) is 42.1 Å². The molecule has 4 rings (SSSR count). The second-order valence-corrected chi connectivity index (χ2v) is 7.84. The van der Waals surface area contributed by atoms with Crippen molar-refractivity contribution in [2.45, 2.75) is 18.5 Å². The lowest BCUT2D eigenvalue weighted by Gasteiger charge is -2.28. The van der Waals surface area contributed by atoms with E-state index in [4.69, 9.17) is 4.74 Å². The van der Waals surface area contributed by atoms with Gasteiger partial charge in [-0.1, -0.05) is 42.5 Å². The number of hydrogen-bond acceptors (Lipinski definition) is 3. The quantitative estimate of drug-likeness (QED) is 0.576. The summed E-state index contributed by atoms with van der Waals surface area (Å²) < 4.78 is 32.0. The maximum atomic E-state index is 13.5. The zero-order valence-corrected chi connectivity index (χ0v) is 17.2. The van der Waals surface area contributed by atoms with Crippen molar-refractivity contribution in [2.24, 2.45) is 0 Å². The summed E-state index contributed by atoms with van der Waals surface area (Å²) in [5.41, 5.74) is 2.17. The predicted molar refractivity (Wildman–Crippen MR) is 115 cm³/mol. The van der Waals surface area contributed by atoms with Crippen LogP contribution in [0.4, 0.5) is 13.6 Å². The lowest BCUT2D eigenvalue weighted by molar-refractivity contribution is 0.142. The number of carbonyl (C=O) groups is 1. The highest BCUT2D eigenvalue weighted by Crippen LogP contribution is 2.32. The Morgan fingerprint density at radius 3 is 2.19 bits per heavy atom. The van der Waals surface area contributed by atoms with Gasteiger partial charge in [-0.3, -0.25) is 4.90 Å². The van der Waals surface area contributed by atoms with E-state index in [-0.39, 0.29) is 23.5 Å². The largest absolute Gasteiger partial charge is 0.415 e. The Hall–Kier alpha value is -3.25. The molecule has 1 fully saturated rings. The van der Waals surface area contributed by atoms with Gasteiger partial charge in [0.05, 0.1) is 6.04 Å². The van der Waals surface area contributed by atoms with Gasteiger partial charge in [0, 0.05) is 32.6 Å². The number of likely N-dealkylation sites (N-methyl/N-ethyl adjacent to an activating group) is 1. The number of nitrogens with zero attached hydrogens (tertiary/aromatic N) is 2. The molecule has 0 unspecified atom stereocenters. The summed E-state index contributed by atoms with van der Waals surface area (Å²) >= 11 is 0. The third-order valence-corrected chi connectivity index (χ3v) is 5.72. The van der Waals surface area contributed by atoms with Crippen LogP contribution in [0.3, 0.4) is 0 Å². The minimum Gasteiger partial charge on any atom is -0.410 e. The Morgan fingerprint density at radius 1 is 0.935 bits per heavy atom. The van der Waals surface area contributed by atoms with E-state index >= 15 is 0 Å². The van der Waals surface area contributed by atoms with Crippen LogP contribution in [0.5, 0.6) is 5.75 Å². The summed E-state index contributed by atoms with van der Waals surface area (Å²) in [5.74, 6) is -0.383. The molecule has 4 nitrogen and oxygen atoms in total. The van der Waals surface area contributed by atoms with Gasteiger partial charge in [0.2, 0.25) is 0 Å². The Balaban J connectivity index is 1.53. The first kappa shape index (κ1) is 21.0. The minimum atomic E-state index is -0.509. The van der Waals surface area contributed by atoms with E-state index in [2.05, 4.69) is 17.0 Å². The number of rotatable bonds is 5. The molecule has 1 heterocycles. The predicted octanol–water partition coefficient (Wildman–Crippen LogP) is 5.06. The standard InChI is InChI=1S/C25H24F2N2O2/c1-28(25(30)31-22-13-11-21(27)12-14-22)24-17-29(15-18-5-3-2-4-6-18)16-23(24)19-7-9-20(26)10-8-19/h2-14,23-24H,15-17H2,1H3/t23-,24+/m1/s1. The highest BCUT2D eigenvalue weighted by atomic mass is 19.1. The van der Waals surface area contributed by atoms with Crippen molar-refractivity contribution in [2.75, 3.05) is 20.1 Å². The van der Waals surface area contributed by atoms with Crippen LogP contribution in [-0.2, 0) is 6.54 Å². The molecule has 0 bridgehead atoms. The van der Waals surface area contributed by atoms with Crippen molar-refractivity contribution in [3.63, 3.8) is 0 Å². The third-order valence-electron chi connectivity index (χ3n) is 5.72. The highest BCUT2D eigenvalue weighted by Gasteiger charge is 2.38. The highest BCUT2D eigenvalue weighted by molar-refractivity contribution is 5.71. The number of benzene rings is 3. The van der Waals surface area contributed by atoms with Gasteiger partial charge in [-0.05, 0) is 47.5 Å². The van der Waals surface area contributed by atoms with E-state index in [1.54, 1.807) is 24.1 Å². The molecule has 1 aliphatic heterocycles.